The summed E-state index contributed by atoms with van der Waals surface area (Å²) in [6.45, 7) is 6.78. The van der Waals surface area contributed by atoms with Crippen molar-refractivity contribution >= 4 is 0 Å². The summed E-state index contributed by atoms with van der Waals surface area (Å²) in [5.41, 5.74) is 7.45. The van der Waals surface area contributed by atoms with Crippen LogP contribution >= 0.6 is 0 Å². The Labute approximate surface area is 117 Å². The molecule has 0 aliphatic heterocycles. The first-order chi connectivity index (χ1) is 9.08. The number of nitrogens with two attached hydrogens (primary N) is 1. The Balaban J connectivity index is 1.89. The minimum absolute atomic E-state index is 0.0316. The van der Waals surface area contributed by atoms with Gasteiger partial charge in [-0.1, -0.05) is 44.2 Å². The Kier molecular flexibility index (Phi) is 5.00. The van der Waals surface area contributed by atoms with Gasteiger partial charge in [0.1, 0.15) is 0 Å². The van der Waals surface area contributed by atoms with Crippen molar-refractivity contribution in [1.29, 1.82) is 0 Å². The molecule has 0 amide bonds. The molecule has 2 nitrogen and oxygen atoms in total. The molecule has 1 saturated carbocycles. The number of hydrogen-bond acceptors (Lipinski definition) is 2. The second-order valence-corrected chi connectivity index (χ2v) is 6.17. The summed E-state index contributed by atoms with van der Waals surface area (Å²) in [5, 5.41) is 0. The molecule has 0 bridgehead atoms. The van der Waals surface area contributed by atoms with E-state index < -0.39 is 0 Å². The quantitative estimate of drug-likeness (QED) is 0.891. The number of ether oxygens (including phenoxy) is 1. The van der Waals surface area contributed by atoms with Crippen LogP contribution in [0.5, 0.6) is 0 Å². The molecule has 5 unspecified atom stereocenters. The predicted octanol–water partition coefficient (Wildman–Crippen LogP) is 3.92. The van der Waals surface area contributed by atoms with Crippen molar-refractivity contribution in [3.05, 3.63) is 35.9 Å². The molecule has 19 heavy (non-hydrogen) atoms. The second kappa shape index (κ2) is 6.53. The van der Waals surface area contributed by atoms with Gasteiger partial charge in [0, 0.05) is 0 Å². The zero-order valence-electron chi connectivity index (χ0n) is 12.4. The third-order valence-corrected chi connectivity index (χ3v) is 4.65. The molecule has 0 radical (unpaired) electrons. The lowest BCUT2D eigenvalue weighted by Crippen LogP contribution is -2.34. The lowest BCUT2D eigenvalue weighted by atomic mass is 9.80. The van der Waals surface area contributed by atoms with Crippen molar-refractivity contribution in [2.45, 2.75) is 58.3 Å². The zero-order chi connectivity index (χ0) is 13.8. The Morgan fingerprint density at radius 3 is 2.42 bits per heavy atom. The van der Waals surface area contributed by atoms with Gasteiger partial charge in [0.15, 0.2) is 0 Å². The summed E-state index contributed by atoms with van der Waals surface area (Å²) >= 11 is 0. The highest BCUT2D eigenvalue weighted by molar-refractivity contribution is 5.19. The van der Waals surface area contributed by atoms with E-state index in [4.69, 9.17) is 10.5 Å². The van der Waals surface area contributed by atoms with Crippen molar-refractivity contribution in [2.75, 3.05) is 0 Å². The fraction of sp³-hybridized carbons (Fsp3) is 0.647. The molecule has 2 N–H and O–H groups in total. The van der Waals surface area contributed by atoms with E-state index in [0.29, 0.717) is 6.10 Å². The highest BCUT2D eigenvalue weighted by atomic mass is 16.5. The van der Waals surface area contributed by atoms with Gasteiger partial charge >= 0.3 is 0 Å². The Morgan fingerprint density at radius 1 is 1.11 bits per heavy atom. The van der Waals surface area contributed by atoms with Gasteiger partial charge in [-0.3, -0.25) is 0 Å². The molecule has 0 spiro atoms. The fourth-order valence-electron chi connectivity index (χ4n) is 2.96. The molecule has 5 atom stereocenters. The average Bonchev–Trinajstić information content (AvgIpc) is 2.43. The molecule has 1 aromatic carbocycles. The van der Waals surface area contributed by atoms with Crippen molar-refractivity contribution in [3.63, 3.8) is 0 Å². The van der Waals surface area contributed by atoms with Crippen LogP contribution in [0.25, 0.3) is 0 Å². The highest BCUT2D eigenvalue weighted by Crippen LogP contribution is 2.32. The second-order valence-electron chi connectivity index (χ2n) is 6.17. The van der Waals surface area contributed by atoms with Crippen LogP contribution in [0.15, 0.2) is 30.3 Å². The monoisotopic (exact) mass is 261 g/mol. The summed E-state index contributed by atoms with van der Waals surface area (Å²) in [5.74, 6) is 1.59. The molecule has 1 aromatic rings. The standard InChI is InChI=1S/C17H27NO/c1-12-9-10-16(11-13(12)2)19-14(3)17(18)15-7-5-4-6-8-15/h4-8,12-14,16-17H,9-11,18H2,1-3H3. The van der Waals surface area contributed by atoms with Gasteiger partial charge in [-0.25, -0.2) is 0 Å². The van der Waals surface area contributed by atoms with Crippen molar-refractivity contribution in [1.82, 2.24) is 0 Å². The lowest BCUT2D eigenvalue weighted by molar-refractivity contribution is -0.0493. The number of rotatable bonds is 4. The highest BCUT2D eigenvalue weighted by Gasteiger charge is 2.27. The topological polar surface area (TPSA) is 35.2 Å². The van der Waals surface area contributed by atoms with Crippen LogP contribution in [0.2, 0.25) is 0 Å². The van der Waals surface area contributed by atoms with E-state index in [9.17, 15) is 0 Å². The Morgan fingerprint density at radius 2 is 1.79 bits per heavy atom. The third kappa shape index (κ3) is 3.80. The van der Waals surface area contributed by atoms with Crippen LogP contribution in [-0.4, -0.2) is 12.2 Å². The smallest absolute Gasteiger partial charge is 0.0743 e. The predicted molar refractivity (Wildman–Crippen MR) is 79.9 cm³/mol. The van der Waals surface area contributed by atoms with Crippen molar-refractivity contribution < 1.29 is 4.74 Å². The van der Waals surface area contributed by atoms with E-state index >= 15 is 0 Å². The maximum atomic E-state index is 6.29. The van der Waals surface area contributed by atoms with Gasteiger partial charge in [0.05, 0.1) is 18.2 Å². The maximum absolute atomic E-state index is 6.29. The molecule has 0 aromatic heterocycles. The van der Waals surface area contributed by atoms with E-state index in [2.05, 4.69) is 32.9 Å². The van der Waals surface area contributed by atoms with Gasteiger partial charge in [-0.05, 0) is 43.6 Å². The molecule has 2 heteroatoms. The average molecular weight is 261 g/mol. The van der Waals surface area contributed by atoms with E-state index in [-0.39, 0.29) is 12.1 Å². The van der Waals surface area contributed by atoms with Gasteiger partial charge < -0.3 is 10.5 Å². The minimum atomic E-state index is -0.0316. The van der Waals surface area contributed by atoms with Crippen LogP contribution in [0.3, 0.4) is 0 Å². The molecule has 0 saturated heterocycles. The summed E-state index contributed by atoms with van der Waals surface area (Å²) < 4.78 is 6.20. The van der Waals surface area contributed by atoms with Crippen LogP contribution in [0.4, 0.5) is 0 Å². The van der Waals surface area contributed by atoms with Crippen molar-refractivity contribution in [3.8, 4) is 0 Å². The molecular formula is C17H27NO. The van der Waals surface area contributed by atoms with Gasteiger partial charge in [0.25, 0.3) is 0 Å². The molecule has 1 aliphatic rings. The maximum Gasteiger partial charge on any atom is 0.0743 e. The first kappa shape index (κ1) is 14.5. The summed E-state index contributed by atoms with van der Waals surface area (Å²) in [7, 11) is 0. The minimum Gasteiger partial charge on any atom is -0.373 e. The Bertz CT molecular complexity index is 378. The van der Waals surface area contributed by atoms with E-state index in [1.165, 1.54) is 19.3 Å². The summed E-state index contributed by atoms with van der Waals surface area (Å²) in [6, 6.07) is 10.2. The summed E-state index contributed by atoms with van der Waals surface area (Å²) in [6.07, 6.45) is 4.09. The van der Waals surface area contributed by atoms with Crippen LogP contribution in [0.1, 0.15) is 51.6 Å². The van der Waals surface area contributed by atoms with Gasteiger partial charge in [-0.15, -0.1) is 0 Å². The van der Waals surface area contributed by atoms with Crippen molar-refractivity contribution in [2.24, 2.45) is 17.6 Å². The molecule has 1 aliphatic carbocycles. The van der Waals surface area contributed by atoms with E-state index in [0.717, 1.165) is 17.4 Å². The third-order valence-electron chi connectivity index (χ3n) is 4.65. The summed E-state index contributed by atoms with van der Waals surface area (Å²) in [4.78, 5) is 0. The molecule has 1 fully saturated rings. The first-order valence-corrected chi connectivity index (χ1v) is 7.54. The number of hydrogen-bond donors (Lipinski definition) is 1. The molecular weight excluding hydrogens is 234 g/mol. The van der Waals surface area contributed by atoms with E-state index in [1.54, 1.807) is 0 Å². The normalized spacial score (nSPS) is 30.8. The van der Waals surface area contributed by atoms with Gasteiger partial charge in [-0.2, -0.15) is 0 Å². The Hall–Kier alpha value is -0.860. The lowest BCUT2D eigenvalue weighted by Gasteiger charge is -2.34. The van der Waals surface area contributed by atoms with Gasteiger partial charge in [0.2, 0.25) is 0 Å². The SMILES string of the molecule is CC1CCC(OC(C)C(N)c2ccccc2)CC1C. The van der Waals surface area contributed by atoms with Crippen LogP contribution in [0, 0.1) is 11.8 Å². The van der Waals surface area contributed by atoms with Crippen LogP contribution < -0.4 is 5.73 Å². The first-order valence-electron chi connectivity index (χ1n) is 7.54. The van der Waals surface area contributed by atoms with E-state index in [1.807, 2.05) is 18.2 Å². The largest absolute Gasteiger partial charge is 0.373 e. The van der Waals surface area contributed by atoms with Crippen LogP contribution in [-0.2, 0) is 4.74 Å². The number of benzene rings is 1. The molecule has 106 valence electrons. The zero-order valence-corrected chi connectivity index (χ0v) is 12.4. The fourth-order valence-corrected chi connectivity index (χ4v) is 2.96. The molecule has 0 heterocycles. The molecule has 2 rings (SSSR count).